The molecule has 7 heteroatoms. The number of hydrogen-bond acceptors (Lipinski definition) is 3. The number of H-pyrrole nitrogens is 1. The monoisotopic (exact) mass is 288 g/mol. The fraction of sp³-hybridized carbons (Fsp3) is 0.583. The average molecular weight is 288 g/mol. The van der Waals surface area contributed by atoms with Gasteiger partial charge in [-0.1, -0.05) is 13.3 Å². The number of rotatable bonds is 6. The quantitative estimate of drug-likeness (QED) is 0.743. The van der Waals surface area contributed by atoms with Crippen LogP contribution in [0.25, 0.3) is 0 Å². The molecule has 1 aromatic heterocycles. The molecule has 0 radical (unpaired) electrons. The molecule has 6 nitrogen and oxygen atoms in total. The summed E-state index contributed by atoms with van der Waals surface area (Å²) in [6, 6.07) is -0.183. The van der Waals surface area contributed by atoms with Crippen molar-refractivity contribution in [1.29, 1.82) is 0 Å². The summed E-state index contributed by atoms with van der Waals surface area (Å²) in [5.41, 5.74) is 0.494. The molecule has 0 fully saturated rings. The molecule has 0 bridgehead atoms. The minimum atomic E-state index is -3.70. The summed E-state index contributed by atoms with van der Waals surface area (Å²) in [6.45, 7) is 6.81. The van der Waals surface area contributed by atoms with Gasteiger partial charge < -0.3 is 10.1 Å². The molecule has 0 saturated heterocycles. The van der Waals surface area contributed by atoms with Gasteiger partial charge >= 0.3 is 5.97 Å². The van der Waals surface area contributed by atoms with Crippen LogP contribution in [0.4, 0.5) is 0 Å². The zero-order valence-electron chi connectivity index (χ0n) is 11.6. The minimum Gasteiger partial charge on any atom is -0.477 e. The molecule has 1 aromatic rings. The fourth-order valence-corrected chi connectivity index (χ4v) is 3.89. The Balaban J connectivity index is 3.19. The Morgan fingerprint density at radius 1 is 1.42 bits per heavy atom. The molecular formula is C12H20N2O4S. The number of aromatic amines is 1. The standard InChI is InChI=1S/C12H20N2O4S/c1-5-6-7(2)14-19(17,18)11-8(3)10(12(15)16)13-9(11)4/h7,13-14H,5-6H2,1-4H3,(H,15,16). The van der Waals surface area contributed by atoms with Crippen LogP contribution in [0, 0.1) is 13.8 Å². The van der Waals surface area contributed by atoms with Gasteiger partial charge in [-0.2, -0.15) is 0 Å². The lowest BCUT2D eigenvalue weighted by atomic mass is 10.2. The summed E-state index contributed by atoms with van der Waals surface area (Å²) < 4.78 is 27.1. The summed E-state index contributed by atoms with van der Waals surface area (Å²) in [5, 5.41) is 8.99. The lowest BCUT2D eigenvalue weighted by Crippen LogP contribution is -2.33. The van der Waals surface area contributed by atoms with E-state index in [1.807, 2.05) is 6.92 Å². The van der Waals surface area contributed by atoms with Gasteiger partial charge in [0.05, 0.1) is 0 Å². The van der Waals surface area contributed by atoms with Crippen LogP contribution in [0.15, 0.2) is 4.90 Å². The zero-order valence-corrected chi connectivity index (χ0v) is 12.4. The van der Waals surface area contributed by atoms with Crippen LogP contribution in [-0.4, -0.2) is 30.5 Å². The molecule has 1 rings (SSSR count). The highest BCUT2D eigenvalue weighted by molar-refractivity contribution is 7.89. The molecule has 0 amide bonds. The summed E-state index contributed by atoms with van der Waals surface area (Å²) >= 11 is 0. The van der Waals surface area contributed by atoms with Gasteiger partial charge in [0.15, 0.2) is 0 Å². The van der Waals surface area contributed by atoms with Gasteiger partial charge in [-0.15, -0.1) is 0 Å². The van der Waals surface area contributed by atoms with Crippen molar-refractivity contribution in [2.24, 2.45) is 0 Å². The Labute approximate surface area is 113 Å². The lowest BCUT2D eigenvalue weighted by molar-refractivity contribution is 0.0690. The molecule has 1 atom stereocenters. The molecule has 0 aliphatic heterocycles. The van der Waals surface area contributed by atoms with Crippen LogP contribution in [-0.2, 0) is 10.0 Å². The highest BCUT2D eigenvalue weighted by atomic mass is 32.2. The number of aromatic carboxylic acids is 1. The van der Waals surface area contributed by atoms with E-state index in [4.69, 9.17) is 5.11 Å². The maximum Gasteiger partial charge on any atom is 0.352 e. The SMILES string of the molecule is CCCC(C)NS(=O)(=O)c1c(C)[nH]c(C(=O)O)c1C. The van der Waals surface area contributed by atoms with E-state index in [-0.39, 0.29) is 22.2 Å². The van der Waals surface area contributed by atoms with Crippen molar-refractivity contribution in [2.75, 3.05) is 0 Å². The second kappa shape index (κ2) is 5.75. The molecular weight excluding hydrogens is 268 g/mol. The van der Waals surface area contributed by atoms with Crippen molar-refractivity contribution in [1.82, 2.24) is 9.71 Å². The molecule has 0 saturated carbocycles. The van der Waals surface area contributed by atoms with Crippen molar-refractivity contribution in [2.45, 2.75) is 51.5 Å². The van der Waals surface area contributed by atoms with Gasteiger partial charge in [0.25, 0.3) is 0 Å². The van der Waals surface area contributed by atoms with Crippen molar-refractivity contribution in [3.8, 4) is 0 Å². The molecule has 19 heavy (non-hydrogen) atoms. The smallest absolute Gasteiger partial charge is 0.352 e. The molecule has 0 aromatic carbocycles. The van der Waals surface area contributed by atoms with Crippen LogP contribution in [0.3, 0.4) is 0 Å². The summed E-state index contributed by atoms with van der Waals surface area (Å²) in [7, 11) is -3.70. The van der Waals surface area contributed by atoms with Crippen molar-refractivity contribution < 1.29 is 18.3 Å². The van der Waals surface area contributed by atoms with E-state index in [1.165, 1.54) is 6.92 Å². The summed E-state index contributed by atoms with van der Waals surface area (Å²) in [5.74, 6) is -1.16. The number of nitrogens with one attached hydrogen (secondary N) is 2. The fourth-order valence-electron chi connectivity index (χ4n) is 2.17. The highest BCUT2D eigenvalue weighted by Crippen LogP contribution is 2.23. The van der Waals surface area contributed by atoms with Gasteiger partial charge in [0.2, 0.25) is 10.0 Å². The van der Waals surface area contributed by atoms with Crippen LogP contribution < -0.4 is 4.72 Å². The Kier molecular flexibility index (Phi) is 4.75. The van der Waals surface area contributed by atoms with Crippen LogP contribution in [0.1, 0.15) is 48.4 Å². The van der Waals surface area contributed by atoms with Crippen LogP contribution >= 0.6 is 0 Å². The number of sulfonamides is 1. The molecule has 1 unspecified atom stereocenters. The first kappa shape index (κ1) is 15.7. The minimum absolute atomic E-state index is 0.0350. The zero-order chi connectivity index (χ0) is 14.8. The third kappa shape index (κ3) is 3.36. The number of carbonyl (C=O) groups is 1. The maximum atomic E-state index is 12.3. The Morgan fingerprint density at radius 3 is 2.42 bits per heavy atom. The van der Waals surface area contributed by atoms with Gasteiger partial charge in [0, 0.05) is 17.3 Å². The topological polar surface area (TPSA) is 99.3 Å². The third-order valence-corrected chi connectivity index (χ3v) is 4.79. The Hall–Kier alpha value is -1.34. The molecule has 1 heterocycles. The summed E-state index contributed by atoms with van der Waals surface area (Å²) in [6.07, 6.45) is 1.60. The first-order valence-electron chi connectivity index (χ1n) is 6.15. The van der Waals surface area contributed by atoms with Crippen molar-refractivity contribution in [3.05, 3.63) is 17.0 Å². The van der Waals surface area contributed by atoms with Crippen LogP contribution in [0.5, 0.6) is 0 Å². The van der Waals surface area contributed by atoms with E-state index < -0.39 is 16.0 Å². The van der Waals surface area contributed by atoms with Gasteiger partial charge in [-0.05, 0) is 27.2 Å². The first-order valence-corrected chi connectivity index (χ1v) is 7.63. The van der Waals surface area contributed by atoms with Gasteiger partial charge in [0.1, 0.15) is 10.6 Å². The average Bonchev–Trinajstić information content (AvgIpc) is 2.54. The second-order valence-electron chi connectivity index (χ2n) is 4.70. The molecule has 108 valence electrons. The second-order valence-corrected chi connectivity index (χ2v) is 6.35. The van der Waals surface area contributed by atoms with E-state index >= 15 is 0 Å². The predicted molar refractivity (Wildman–Crippen MR) is 71.9 cm³/mol. The van der Waals surface area contributed by atoms with E-state index in [1.54, 1.807) is 13.8 Å². The van der Waals surface area contributed by atoms with E-state index in [2.05, 4.69) is 9.71 Å². The molecule has 0 aliphatic carbocycles. The number of aromatic nitrogens is 1. The maximum absolute atomic E-state index is 12.3. The van der Waals surface area contributed by atoms with E-state index in [9.17, 15) is 13.2 Å². The van der Waals surface area contributed by atoms with Gasteiger partial charge in [-0.3, -0.25) is 0 Å². The van der Waals surface area contributed by atoms with Crippen molar-refractivity contribution in [3.63, 3.8) is 0 Å². The number of carboxylic acid groups (broad SMARTS) is 1. The first-order chi connectivity index (χ1) is 8.70. The molecule has 3 N–H and O–H groups in total. The third-order valence-electron chi connectivity index (χ3n) is 2.93. The normalized spacial score (nSPS) is 13.5. The highest BCUT2D eigenvalue weighted by Gasteiger charge is 2.27. The number of aryl methyl sites for hydroxylation is 1. The van der Waals surface area contributed by atoms with E-state index in [0.29, 0.717) is 5.69 Å². The van der Waals surface area contributed by atoms with E-state index in [0.717, 1.165) is 12.8 Å². The summed E-state index contributed by atoms with van der Waals surface area (Å²) in [4.78, 5) is 13.6. The predicted octanol–water partition coefficient (Wildman–Crippen LogP) is 1.80. The largest absolute Gasteiger partial charge is 0.477 e. The number of hydrogen-bond donors (Lipinski definition) is 3. The Morgan fingerprint density at radius 2 is 2.00 bits per heavy atom. The Bertz CT molecular complexity index is 575. The molecule has 0 spiro atoms. The van der Waals surface area contributed by atoms with Crippen LogP contribution in [0.2, 0.25) is 0 Å². The lowest BCUT2D eigenvalue weighted by Gasteiger charge is -2.13. The van der Waals surface area contributed by atoms with Crippen molar-refractivity contribution >= 4 is 16.0 Å². The van der Waals surface area contributed by atoms with Gasteiger partial charge in [-0.25, -0.2) is 17.9 Å². The molecule has 0 aliphatic rings. The number of carboxylic acids is 1.